The molecule has 2 aromatic heterocycles. The largest absolute Gasteiger partial charge is 0.303 e. The molecule has 4 nitrogen and oxygen atoms in total. The van der Waals surface area contributed by atoms with E-state index in [9.17, 15) is 9.18 Å². The second-order valence-electron chi connectivity index (χ2n) is 2.96. The lowest BCUT2D eigenvalue weighted by molar-refractivity contribution is -0.107. The summed E-state index contributed by atoms with van der Waals surface area (Å²) in [6, 6.07) is 4.55. The number of pyridine rings is 1. The average Bonchev–Trinajstić information content (AvgIpc) is 2.68. The third-order valence-corrected chi connectivity index (χ3v) is 1.88. The maximum atomic E-state index is 12.6. The van der Waals surface area contributed by atoms with E-state index >= 15 is 0 Å². The summed E-state index contributed by atoms with van der Waals surface area (Å²) in [4.78, 5) is 14.1. The van der Waals surface area contributed by atoms with Crippen molar-refractivity contribution in [2.24, 2.45) is 0 Å². The number of nitrogens with zero attached hydrogens (tertiary/aromatic N) is 3. The number of carbonyl (C=O) groups excluding carboxylic acids is 1. The zero-order valence-electron chi connectivity index (χ0n) is 7.80. The van der Waals surface area contributed by atoms with Crippen LogP contribution in [0.25, 0.3) is 5.82 Å². The normalized spacial score (nSPS) is 10.2. The topological polar surface area (TPSA) is 47.8 Å². The number of hydrogen-bond donors (Lipinski definition) is 0. The summed E-state index contributed by atoms with van der Waals surface area (Å²) in [5.74, 6) is 0.132. The molecule has 0 atom stereocenters. The Labute approximate surface area is 85.4 Å². The van der Waals surface area contributed by atoms with Crippen molar-refractivity contribution in [3.05, 3.63) is 42.1 Å². The van der Waals surface area contributed by atoms with Gasteiger partial charge in [0.15, 0.2) is 5.82 Å². The Kier molecular flexibility index (Phi) is 2.53. The lowest BCUT2D eigenvalue weighted by atomic mass is 10.3. The van der Waals surface area contributed by atoms with Gasteiger partial charge in [-0.1, -0.05) is 0 Å². The smallest absolute Gasteiger partial charge is 0.153 e. The summed E-state index contributed by atoms with van der Waals surface area (Å²) in [6.45, 7) is 0. The highest BCUT2D eigenvalue weighted by molar-refractivity contribution is 5.53. The van der Waals surface area contributed by atoms with Gasteiger partial charge in [0, 0.05) is 12.6 Å². The average molecular weight is 205 g/mol. The molecular formula is C10H8FN3O. The van der Waals surface area contributed by atoms with Crippen molar-refractivity contribution in [1.29, 1.82) is 0 Å². The molecule has 2 rings (SSSR count). The molecule has 0 N–H and O–H groups in total. The van der Waals surface area contributed by atoms with E-state index in [1.807, 2.05) is 0 Å². The van der Waals surface area contributed by atoms with Crippen LogP contribution in [0.5, 0.6) is 0 Å². The standard InChI is InChI=1S/C10H8FN3O/c11-8-1-2-10(12-7-8)14-5-3-9(13-14)4-6-15/h1-3,5-7H,4H2. The molecule has 76 valence electrons. The lowest BCUT2D eigenvalue weighted by Gasteiger charge is -1.98. The first-order valence-electron chi connectivity index (χ1n) is 4.40. The maximum Gasteiger partial charge on any atom is 0.153 e. The van der Waals surface area contributed by atoms with Crippen LogP contribution in [0, 0.1) is 5.82 Å². The molecule has 15 heavy (non-hydrogen) atoms. The Bertz CT molecular complexity index is 464. The van der Waals surface area contributed by atoms with E-state index in [4.69, 9.17) is 0 Å². The number of aldehydes is 1. The second-order valence-corrected chi connectivity index (χ2v) is 2.96. The monoisotopic (exact) mass is 205 g/mol. The molecule has 0 spiro atoms. The van der Waals surface area contributed by atoms with E-state index in [2.05, 4.69) is 10.1 Å². The Morgan fingerprint density at radius 1 is 1.40 bits per heavy atom. The summed E-state index contributed by atoms with van der Waals surface area (Å²) in [5, 5.41) is 4.10. The highest BCUT2D eigenvalue weighted by Gasteiger charge is 2.01. The molecule has 0 amide bonds. The lowest BCUT2D eigenvalue weighted by Crippen LogP contribution is -1.99. The van der Waals surface area contributed by atoms with Crippen LogP contribution in [0.1, 0.15) is 5.69 Å². The summed E-state index contributed by atoms with van der Waals surface area (Å²) in [6.07, 6.45) is 3.86. The van der Waals surface area contributed by atoms with Crippen molar-refractivity contribution >= 4 is 6.29 Å². The van der Waals surface area contributed by atoms with Crippen LogP contribution < -0.4 is 0 Å². The van der Waals surface area contributed by atoms with Crippen LogP contribution in [0.2, 0.25) is 0 Å². The maximum absolute atomic E-state index is 12.6. The molecule has 0 aromatic carbocycles. The summed E-state index contributed by atoms with van der Waals surface area (Å²) < 4.78 is 14.1. The molecule has 0 aliphatic rings. The van der Waals surface area contributed by atoms with Crippen LogP contribution in [-0.2, 0) is 11.2 Å². The number of aromatic nitrogens is 3. The molecule has 0 aliphatic carbocycles. The van der Waals surface area contributed by atoms with E-state index in [1.54, 1.807) is 12.3 Å². The van der Waals surface area contributed by atoms with Gasteiger partial charge in [-0.2, -0.15) is 5.10 Å². The van der Waals surface area contributed by atoms with E-state index in [1.165, 1.54) is 16.8 Å². The molecule has 0 fully saturated rings. The number of hydrogen-bond acceptors (Lipinski definition) is 3. The van der Waals surface area contributed by atoms with E-state index in [-0.39, 0.29) is 12.2 Å². The molecule has 2 aromatic rings. The third kappa shape index (κ3) is 2.07. The first-order chi connectivity index (χ1) is 7.29. The quantitative estimate of drug-likeness (QED) is 0.706. The fourth-order valence-electron chi connectivity index (χ4n) is 1.19. The van der Waals surface area contributed by atoms with Gasteiger partial charge in [0.2, 0.25) is 0 Å². The van der Waals surface area contributed by atoms with Crippen LogP contribution in [0.15, 0.2) is 30.6 Å². The molecular weight excluding hydrogens is 197 g/mol. The van der Waals surface area contributed by atoms with Crippen molar-refractivity contribution < 1.29 is 9.18 Å². The molecule has 0 aliphatic heterocycles. The van der Waals surface area contributed by atoms with E-state index < -0.39 is 0 Å². The van der Waals surface area contributed by atoms with Gasteiger partial charge in [0.05, 0.1) is 11.9 Å². The van der Waals surface area contributed by atoms with Crippen LogP contribution in [-0.4, -0.2) is 21.1 Å². The van der Waals surface area contributed by atoms with Gasteiger partial charge in [0.1, 0.15) is 12.1 Å². The highest BCUT2D eigenvalue weighted by atomic mass is 19.1. The minimum absolute atomic E-state index is 0.272. The highest BCUT2D eigenvalue weighted by Crippen LogP contribution is 2.05. The van der Waals surface area contributed by atoms with Gasteiger partial charge >= 0.3 is 0 Å². The number of carbonyl (C=O) groups is 1. The first-order valence-corrected chi connectivity index (χ1v) is 4.40. The molecule has 0 saturated carbocycles. The van der Waals surface area contributed by atoms with Crippen LogP contribution in [0.4, 0.5) is 4.39 Å². The zero-order valence-corrected chi connectivity index (χ0v) is 7.80. The van der Waals surface area contributed by atoms with Gasteiger partial charge in [-0.05, 0) is 18.2 Å². The molecule has 0 unspecified atom stereocenters. The van der Waals surface area contributed by atoms with Crippen molar-refractivity contribution in [3.63, 3.8) is 0 Å². The van der Waals surface area contributed by atoms with Gasteiger partial charge in [-0.25, -0.2) is 14.1 Å². The van der Waals surface area contributed by atoms with Crippen LogP contribution >= 0.6 is 0 Å². The predicted octanol–water partition coefficient (Wildman–Crippen LogP) is 1.15. The molecule has 2 heterocycles. The number of halogens is 1. The summed E-state index contributed by atoms with van der Waals surface area (Å²) >= 11 is 0. The van der Waals surface area contributed by atoms with Crippen molar-refractivity contribution in [1.82, 2.24) is 14.8 Å². The third-order valence-electron chi connectivity index (χ3n) is 1.88. The summed E-state index contributed by atoms with van der Waals surface area (Å²) in [5.41, 5.74) is 0.663. The molecule has 0 bridgehead atoms. The van der Waals surface area contributed by atoms with Gasteiger partial charge in [0.25, 0.3) is 0 Å². The Hall–Kier alpha value is -2.04. The van der Waals surface area contributed by atoms with Gasteiger partial charge < -0.3 is 4.79 Å². The van der Waals surface area contributed by atoms with Crippen LogP contribution in [0.3, 0.4) is 0 Å². The van der Waals surface area contributed by atoms with Gasteiger partial charge in [-0.15, -0.1) is 0 Å². The Morgan fingerprint density at radius 3 is 2.93 bits per heavy atom. The predicted molar refractivity (Wildman–Crippen MR) is 51.1 cm³/mol. The molecule has 0 radical (unpaired) electrons. The number of rotatable bonds is 3. The first kappa shape index (κ1) is 9.51. The second kappa shape index (κ2) is 4.00. The fraction of sp³-hybridized carbons (Fsp3) is 0.100. The molecule has 0 saturated heterocycles. The zero-order chi connectivity index (χ0) is 10.7. The SMILES string of the molecule is O=CCc1ccn(-c2ccc(F)cn2)n1. The fourth-order valence-corrected chi connectivity index (χ4v) is 1.19. The minimum atomic E-state index is -0.390. The summed E-state index contributed by atoms with van der Waals surface area (Å²) in [7, 11) is 0. The Balaban J connectivity index is 2.28. The van der Waals surface area contributed by atoms with E-state index in [0.29, 0.717) is 11.5 Å². The molecule has 5 heteroatoms. The van der Waals surface area contributed by atoms with E-state index in [0.717, 1.165) is 12.5 Å². The minimum Gasteiger partial charge on any atom is -0.303 e. The van der Waals surface area contributed by atoms with Gasteiger partial charge in [-0.3, -0.25) is 0 Å². The van der Waals surface area contributed by atoms with Crippen molar-refractivity contribution in [3.8, 4) is 5.82 Å². The Morgan fingerprint density at radius 2 is 2.27 bits per heavy atom. The van der Waals surface area contributed by atoms with Crippen molar-refractivity contribution in [2.75, 3.05) is 0 Å². The van der Waals surface area contributed by atoms with Crippen molar-refractivity contribution in [2.45, 2.75) is 6.42 Å².